The van der Waals surface area contributed by atoms with Gasteiger partial charge in [-0.1, -0.05) is 29.8 Å². The van der Waals surface area contributed by atoms with Crippen LogP contribution in [-0.4, -0.2) is 19.5 Å². The normalized spacial score (nSPS) is 12.2. The Kier molecular flexibility index (Phi) is 5.70. The molecule has 1 amide bonds. The average Bonchev–Trinajstić information content (AvgIpc) is 2.29. The van der Waals surface area contributed by atoms with Crippen molar-refractivity contribution < 1.29 is 4.79 Å². The monoisotopic (exact) mass is 234 g/mol. The second kappa shape index (κ2) is 7.07. The summed E-state index contributed by atoms with van der Waals surface area (Å²) in [4.78, 5) is 11.6. The van der Waals surface area contributed by atoms with Crippen molar-refractivity contribution in [1.29, 1.82) is 0 Å². The van der Waals surface area contributed by atoms with Gasteiger partial charge in [0.05, 0.1) is 6.04 Å². The van der Waals surface area contributed by atoms with Crippen LogP contribution in [0.3, 0.4) is 0 Å². The fraction of sp³-hybridized carbons (Fsp3) is 0.500. The van der Waals surface area contributed by atoms with E-state index in [0.717, 1.165) is 18.5 Å². The molecule has 0 heterocycles. The third kappa shape index (κ3) is 5.00. The third-order valence-electron chi connectivity index (χ3n) is 2.75. The van der Waals surface area contributed by atoms with Gasteiger partial charge in [0, 0.05) is 6.42 Å². The van der Waals surface area contributed by atoms with E-state index in [0.29, 0.717) is 6.42 Å². The minimum atomic E-state index is 0.0805. The largest absolute Gasteiger partial charge is 0.350 e. The molecule has 0 bridgehead atoms. The Morgan fingerprint density at radius 3 is 2.82 bits per heavy atom. The van der Waals surface area contributed by atoms with Crippen molar-refractivity contribution in [2.45, 2.75) is 32.7 Å². The molecule has 0 unspecified atom stereocenters. The Bertz CT molecular complexity index is 363. The van der Waals surface area contributed by atoms with E-state index in [2.05, 4.69) is 29.7 Å². The van der Waals surface area contributed by atoms with Gasteiger partial charge in [-0.15, -0.1) is 0 Å². The minimum Gasteiger partial charge on any atom is -0.350 e. The molecular weight excluding hydrogens is 212 g/mol. The first kappa shape index (κ1) is 13.7. The standard InChI is InChI=1S/C14H22N2O/c1-11-6-4-7-13(10-11)12(2)16-14(17)8-5-9-15-3/h4,6-7,10,12,15H,5,8-9H2,1-3H3,(H,16,17)/t12-/m1/s1. The van der Waals surface area contributed by atoms with Crippen molar-refractivity contribution in [2.75, 3.05) is 13.6 Å². The SMILES string of the molecule is CNCCCC(=O)N[C@H](C)c1cccc(C)c1. The van der Waals surface area contributed by atoms with Gasteiger partial charge in [-0.2, -0.15) is 0 Å². The maximum absolute atomic E-state index is 11.6. The minimum absolute atomic E-state index is 0.0805. The molecule has 2 N–H and O–H groups in total. The van der Waals surface area contributed by atoms with Crippen LogP contribution in [0, 0.1) is 6.92 Å². The van der Waals surface area contributed by atoms with E-state index in [9.17, 15) is 4.79 Å². The number of carbonyl (C=O) groups is 1. The lowest BCUT2D eigenvalue weighted by atomic mass is 10.1. The molecule has 0 spiro atoms. The summed E-state index contributed by atoms with van der Waals surface area (Å²) in [6.45, 7) is 4.96. The maximum atomic E-state index is 11.6. The smallest absolute Gasteiger partial charge is 0.220 e. The molecule has 0 radical (unpaired) electrons. The van der Waals surface area contributed by atoms with Crippen LogP contribution < -0.4 is 10.6 Å². The van der Waals surface area contributed by atoms with Crippen molar-refractivity contribution in [3.05, 3.63) is 35.4 Å². The molecule has 0 fully saturated rings. The average molecular weight is 234 g/mol. The fourth-order valence-corrected chi connectivity index (χ4v) is 1.76. The van der Waals surface area contributed by atoms with Crippen LogP contribution in [0.25, 0.3) is 0 Å². The molecule has 3 nitrogen and oxygen atoms in total. The Morgan fingerprint density at radius 1 is 1.41 bits per heavy atom. The highest BCUT2D eigenvalue weighted by Crippen LogP contribution is 2.13. The van der Waals surface area contributed by atoms with E-state index in [1.807, 2.05) is 26.1 Å². The Hall–Kier alpha value is -1.35. The molecule has 0 aliphatic carbocycles. The number of carbonyl (C=O) groups excluding carboxylic acids is 1. The fourth-order valence-electron chi connectivity index (χ4n) is 1.76. The van der Waals surface area contributed by atoms with Crippen molar-refractivity contribution >= 4 is 5.91 Å². The summed E-state index contributed by atoms with van der Waals surface area (Å²) in [5.74, 6) is 0.120. The highest BCUT2D eigenvalue weighted by atomic mass is 16.1. The molecule has 17 heavy (non-hydrogen) atoms. The molecule has 1 aromatic carbocycles. The molecule has 0 aliphatic heterocycles. The van der Waals surface area contributed by atoms with Gasteiger partial charge in [0.25, 0.3) is 0 Å². The number of aryl methyl sites for hydroxylation is 1. The lowest BCUT2D eigenvalue weighted by Gasteiger charge is -2.14. The van der Waals surface area contributed by atoms with Gasteiger partial charge in [-0.25, -0.2) is 0 Å². The van der Waals surface area contributed by atoms with Crippen molar-refractivity contribution in [3.8, 4) is 0 Å². The first-order valence-electron chi connectivity index (χ1n) is 6.14. The van der Waals surface area contributed by atoms with Crippen LogP contribution in [0.4, 0.5) is 0 Å². The van der Waals surface area contributed by atoms with Crippen LogP contribution in [0.15, 0.2) is 24.3 Å². The van der Waals surface area contributed by atoms with E-state index in [1.165, 1.54) is 5.56 Å². The van der Waals surface area contributed by atoms with Crippen molar-refractivity contribution in [1.82, 2.24) is 10.6 Å². The molecule has 0 saturated carbocycles. The van der Waals surface area contributed by atoms with E-state index >= 15 is 0 Å². The van der Waals surface area contributed by atoms with Crippen molar-refractivity contribution in [3.63, 3.8) is 0 Å². The highest BCUT2D eigenvalue weighted by Gasteiger charge is 2.08. The first-order valence-corrected chi connectivity index (χ1v) is 6.14. The Balaban J connectivity index is 2.43. The lowest BCUT2D eigenvalue weighted by Crippen LogP contribution is -2.27. The summed E-state index contributed by atoms with van der Waals surface area (Å²) in [7, 11) is 1.90. The quantitative estimate of drug-likeness (QED) is 0.741. The highest BCUT2D eigenvalue weighted by molar-refractivity contribution is 5.76. The zero-order valence-corrected chi connectivity index (χ0v) is 10.9. The molecular formula is C14H22N2O. The van der Waals surface area contributed by atoms with Crippen LogP contribution in [-0.2, 0) is 4.79 Å². The van der Waals surface area contributed by atoms with Gasteiger partial charge < -0.3 is 10.6 Å². The Morgan fingerprint density at radius 2 is 2.18 bits per heavy atom. The van der Waals surface area contributed by atoms with Crippen LogP contribution in [0.2, 0.25) is 0 Å². The summed E-state index contributed by atoms with van der Waals surface area (Å²) < 4.78 is 0. The summed E-state index contributed by atoms with van der Waals surface area (Å²) in [5, 5.41) is 6.05. The lowest BCUT2D eigenvalue weighted by molar-refractivity contribution is -0.121. The zero-order chi connectivity index (χ0) is 12.7. The molecule has 0 aromatic heterocycles. The van der Waals surface area contributed by atoms with Gasteiger partial charge in [-0.05, 0) is 39.4 Å². The first-order chi connectivity index (χ1) is 8.13. The maximum Gasteiger partial charge on any atom is 0.220 e. The summed E-state index contributed by atoms with van der Waals surface area (Å²) in [6.07, 6.45) is 1.46. The summed E-state index contributed by atoms with van der Waals surface area (Å²) >= 11 is 0. The van der Waals surface area contributed by atoms with Gasteiger partial charge >= 0.3 is 0 Å². The van der Waals surface area contributed by atoms with Gasteiger partial charge in [0.1, 0.15) is 0 Å². The van der Waals surface area contributed by atoms with E-state index < -0.39 is 0 Å². The topological polar surface area (TPSA) is 41.1 Å². The molecule has 3 heteroatoms. The molecule has 1 aromatic rings. The van der Waals surface area contributed by atoms with Gasteiger partial charge in [0.15, 0.2) is 0 Å². The van der Waals surface area contributed by atoms with E-state index in [1.54, 1.807) is 0 Å². The Labute approximate surface area is 104 Å². The van der Waals surface area contributed by atoms with E-state index in [-0.39, 0.29) is 11.9 Å². The number of hydrogen-bond donors (Lipinski definition) is 2. The number of rotatable bonds is 6. The number of nitrogens with one attached hydrogen (secondary N) is 2. The number of hydrogen-bond acceptors (Lipinski definition) is 2. The second-order valence-electron chi connectivity index (χ2n) is 4.41. The van der Waals surface area contributed by atoms with Crippen LogP contribution >= 0.6 is 0 Å². The molecule has 1 atom stereocenters. The molecule has 94 valence electrons. The second-order valence-corrected chi connectivity index (χ2v) is 4.41. The molecule has 0 aliphatic rings. The van der Waals surface area contributed by atoms with Crippen LogP contribution in [0.1, 0.15) is 36.9 Å². The van der Waals surface area contributed by atoms with Gasteiger partial charge in [-0.3, -0.25) is 4.79 Å². The molecule has 1 rings (SSSR count). The van der Waals surface area contributed by atoms with Crippen molar-refractivity contribution in [2.24, 2.45) is 0 Å². The predicted octanol–water partition coefficient (Wildman–Crippen LogP) is 2.17. The summed E-state index contributed by atoms with van der Waals surface area (Å²) in [6, 6.07) is 8.32. The van der Waals surface area contributed by atoms with Crippen LogP contribution in [0.5, 0.6) is 0 Å². The predicted molar refractivity (Wildman–Crippen MR) is 70.9 cm³/mol. The summed E-state index contributed by atoms with van der Waals surface area (Å²) in [5.41, 5.74) is 2.38. The van der Waals surface area contributed by atoms with E-state index in [4.69, 9.17) is 0 Å². The number of amides is 1. The third-order valence-corrected chi connectivity index (χ3v) is 2.75. The zero-order valence-electron chi connectivity index (χ0n) is 10.9. The molecule has 0 saturated heterocycles. The van der Waals surface area contributed by atoms with Gasteiger partial charge in [0.2, 0.25) is 5.91 Å². The number of benzene rings is 1.